The highest BCUT2D eigenvalue weighted by Crippen LogP contribution is 2.13. The van der Waals surface area contributed by atoms with E-state index in [1.807, 2.05) is 0 Å². The maximum Gasteiger partial charge on any atom is 0.137 e. The molecule has 0 N–H and O–H groups in total. The Morgan fingerprint density at radius 1 is 0.727 bits per heavy atom. The molecule has 0 aromatic heterocycles. The Kier molecular flexibility index (Phi) is 4.88. The predicted octanol–water partition coefficient (Wildman–Crippen LogP) is 3.67. The van der Waals surface area contributed by atoms with E-state index in [0.717, 1.165) is 0 Å². The third kappa shape index (κ3) is 3.15. The Morgan fingerprint density at radius 3 is 1.32 bits per heavy atom. The number of nitrogens with zero attached hydrogens (tertiary/aromatic N) is 1. The second-order valence-corrected chi connectivity index (χ2v) is 8.67. The minimum absolute atomic E-state index is 0.625. The fourth-order valence-electron chi connectivity index (χ4n) is 3.69. The minimum Gasteiger partial charge on any atom is -0.199 e. The van der Waals surface area contributed by atoms with Gasteiger partial charge in [0.25, 0.3) is 0 Å². The van der Waals surface area contributed by atoms with Gasteiger partial charge in [-0.05, 0) is 51.9 Å². The van der Waals surface area contributed by atoms with Crippen molar-refractivity contribution in [1.82, 2.24) is 0 Å². The van der Waals surface area contributed by atoms with Crippen molar-refractivity contribution in [2.24, 2.45) is 0 Å². The highest BCUT2D eigenvalue weighted by atomic mass is 28.3. The summed E-state index contributed by atoms with van der Waals surface area (Å²) in [4.78, 5) is 0. The number of nitriles is 1. The fourth-order valence-corrected chi connectivity index (χ4v) is 6.65. The first-order valence-electron chi connectivity index (χ1n) is 7.74. The zero-order valence-electron chi connectivity index (χ0n) is 14.5. The molecule has 0 amide bonds. The summed E-state index contributed by atoms with van der Waals surface area (Å²) in [6.45, 7) is 13.0. The number of benzene rings is 2. The highest BCUT2D eigenvalue weighted by Gasteiger charge is 2.24. The molecule has 0 saturated carbocycles. The molecular formula is C20H24NSi. The normalized spacial score (nSPS) is 10.8. The van der Waals surface area contributed by atoms with Crippen LogP contribution in [0.2, 0.25) is 6.04 Å². The molecule has 0 bridgehead atoms. The standard InChI is InChI=1S/C20H24NSi/c1-13-9-15(3)19(16(4)10-13)22(8-7-21)20-17(5)11-14(2)12-18(20)6/h9-12H,8H2,1-6H3. The lowest BCUT2D eigenvalue weighted by atomic mass is 10.1. The van der Waals surface area contributed by atoms with E-state index >= 15 is 0 Å². The van der Waals surface area contributed by atoms with Crippen molar-refractivity contribution in [2.45, 2.75) is 47.6 Å². The largest absolute Gasteiger partial charge is 0.199 e. The third-order valence-electron chi connectivity index (χ3n) is 4.21. The molecule has 22 heavy (non-hydrogen) atoms. The lowest BCUT2D eigenvalue weighted by molar-refractivity contribution is 1.33. The van der Waals surface area contributed by atoms with Gasteiger partial charge in [0.15, 0.2) is 0 Å². The molecule has 2 heteroatoms. The molecule has 0 spiro atoms. The summed E-state index contributed by atoms with van der Waals surface area (Å²) in [5.74, 6) is 0. The van der Waals surface area contributed by atoms with E-state index in [4.69, 9.17) is 0 Å². The summed E-state index contributed by atoms with van der Waals surface area (Å²) in [6, 6.07) is 12.1. The summed E-state index contributed by atoms with van der Waals surface area (Å²) in [5, 5.41) is 12.3. The van der Waals surface area contributed by atoms with Crippen LogP contribution >= 0.6 is 0 Å². The fraction of sp³-hybridized carbons (Fsp3) is 0.350. The van der Waals surface area contributed by atoms with Crippen molar-refractivity contribution in [1.29, 1.82) is 5.26 Å². The van der Waals surface area contributed by atoms with Crippen LogP contribution in [0.4, 0.5) is 0 Å². The van der Waals surface area contributed by atoms with Crippen molar-refractivity contribution in [3.8, 4) is 6.07 Å². The van der Waals surface area contributed by atoms with Crippen LogP contribution in [0.25, 0.3) is 0 Å². The lowest BCUT2D eigenvalue weighted by Gasteiger charge is -2.23. The van der Waals surface area contributed by atoms with Gasteiger partial charge in [0.2, 0.25) is 0 Å². The van der Waals surface area contributed by atoms with Gasteiger partial charge in [0.05, 0.1) is 6.07 Å². The van der Waals surface area contributed by atoms with E-state index in [1.165, 1.54) is 43.8 Å². The first-order valence-corrected chi connectivity index (χ1v) is 9.45. The maximum atomic E-state index is 9.41. The second kappa shape index (κ2) is 6.50. The topological polar surface area (TPSA) is 23.8 Å². The van der Waals surface area contributed by atoms with E-state index in [-0.39, 0.29) is 0 Å². The molecule has 1 radical (unpaired) electrons. The van der Waals surface area contributed by atoms with Crippen LogP contribution in [0, 0.1) is 52.9 Å². The van der Waals surface area contributed by atoms with Crippen LogP contribution in [0.3, 0.4) is 0 Å². The van der Waals surface area contributed by atoms with Crippen molar-refractivity contribution in [3.05, 3.63) is 57.6 Å². The Hall–Kier alpha value is -1.85. The van der Waals surface area contributed by atoms with E-state index in [2.05, 4.69) is 71.9 Å². The smallest absolute Gasteiger partial charge is 0.137 e. The van der Waals surface area contributed by atoms with Crippen LogP contribution in [-0.2, 0) is 0 Å². The quantitative estimate of drug-likeness (QED) is 0.794. The predicted molar refractivity (Wildman–Crippen MR) is 96.7 cm³/mol. The molecule has 1 nitrogen and oxygen atoms in total. The number of hydrogen-bond acceptors (Lipinski definition) is 1. The van der Waals surface area contributed by atoms with Gasteiger partial charge in [0.1, 0.15) is 8.80 Å². The second-order valence-electron chi connectivity index (χ2n) is 6.36. The molecular weight excluding hydrogens is 282 g/mol. The van der Waals surface area contributed by atoms with Crippen LogP contribution in [-0.4, -0.2) is 8.80 Å². The third-order valence-corrected chi connectivity index (χ3v) is 7.51. The van der Waals surface area contributed by atoms with E-state index < -0.39 is 8.80 Å². The average Bonchev–Trinajstić information content (AvgIpc) is 2.36. The molecule has 0 atom stereocenters. The van der Waals surface area contributed by atoms with Crippen molar-refractivity contribution >= 4 is 19.2 Å². The van der Waals surface area contributed by atoms with Gasteiger partial charge in [-0.1, -0.05) is 57.6 Å². The molecule has 0 saturated heterocycles. The molecule has 0 aliphatic heterocycles. The molecule has 0 heterocycles. The maximum absolute atomic E-state index is 9.41. The monoisotopic (exact) mass is 306 g/mol. The first-order chi connectivity index (χ1) is 10.3. The zero-order valence-corrected chi connectivity index (χ0v) is 15.5. The van der Waals surface area contributed by atoms with Crippen LogP contribution in [0.5, 0.6) is 0 Å². The summed E-state index contributed by atoms with van der Waals surface area (Å²) in [6.07, 6.45) is 0. The SMILES string of the molecule is Cc1cc(C)c([Si](CC#N)c2c(C)cc(C)cc2C)c(C)c1. The molecule has 0 aliphatic rings. The van der Waals surface area contributed by atoms with Crippen molar-refractivity contribution in [2.75, 3.05) is 0 Å². The van der Waals surface area contributed by atoms with E-state index in [0.29, 0.717) is 6.04 Å². The molecule has 2 rings (SSSR count). The molecule has 2 aromatic carbocycles. The van der Waals surface area contributed by atoms with Crippen LogP contribution in [0.15, 0.2) is 24.3 Å². The lowest BCUT2D eigenvalue weighted by Crippen LogP contribution is -2.47. The molecule has 113 valence electrons. The minimum atomic E-state index is -1.07. The Morgan fingerprint density at radius 2 is 1.05 bits per heavy atom. The molecule has 0 fully saturated rings. The van der Waals surface area contributed by atoms with Crippen molar-refractivity contribution in [3.63, 3.8) is 0 Å². The molecule has 0 unspecified atom stereocenters. The van der Waals surface area contributed by atoms with Crippen molar-refractivity contribution < 1.29 is 0 Å². The molecule has 2 aromatic rings. The van der Waals surface area contributed by atoms with Gasteiger partial charge < -0.3 is 0 Å². The number of aryl methyl sites for hydroxylation is 6. The number of hydrogen-bond donors (Lipinski definition) is 0. The Labute approximate surface area is 136 Å². The average molecular weight is 307 g/mol. The van der Waals surface area contributed by atoms with Gasteiger partial charge in [-0.2, -0.15) is 5.26 Å². The van der Waals surface area contributed by atoms with Gasteiger partial charge in [-0.25, -0.2) is 0 Å². The van der Waals surface area contributed by atoms with Crippen LogP contribution in [0.1, 0.15) is 33.4 Å². The van der Waals surface area contributed by atoms with Gasteiger partial charge in [-0.15, -0.1) is 0 Å². The van der Waals surface area contributed by atoms with Gasteiger partial charge >= 0.3 is 0 Å². The summed E-state index contributed by atoms with van der Waals surface area (Å²) < 4.78 is 0. The first kappa shape index (κ1) is 16.5. The van der Waals surface area contributed by atoms with E-state index in [1.54, 1.807) is 0 Å². The summed E-state index contributed by atoms with van der Waals surface area (Å²) >= 11 is 0. The Balaban J connectivity index is 2.70. The highest BCUT2D eigenvalue weighted by molar-refractivity contribution is 6.86. The van der Waals surface area contributed by atoms with Gasteiger partial charge in [0, 0.05) is 6.04 Å². The Bertz CT molecular complexity index is 649. The summed E-state index contributed by atoms with van der Waals surface area (Å²) in [7, 11) is -1.07. The zero-order chi connectivity index (χ0) is 16.4. The molecule has 0 aliphatic carbocycles. The summed E-state index contributed by atoms with van der Waals surface area (Å²) in [5.41, 5.74) is 7.94. The van der Waals surface area contributed by atoms with E-state index in [9.17, 15) is 5.26 Å². The van der Waals surface area contributed by atoms with Crippen LogP contribution < -0.4 is 10.4 Å². The number of rotatable bonds is 3. The van der Waals surface area contributed by atoms with Gasteiger partial charge in [-0.3, -0.25) is 0 Å².